The molecule has 0 radical (unpaired) electrons. The number of hydrogen-bond acceptors (Lipinski definition) is 2. The summed E-state index contributed by atoms with van der Waals surface area (Å²) in [5, 5.41) is 2.41. The summed E-state index contributed by atoms with van der Waals surface area (Å²) in [4.78, 5) is 0. The van der Waals surface area contributed by atoms with Crippen LogP contribution in [0.15, 0.2) is 36.4 Å². The van der Waals surface area contributed by atoms with Gasteiger partial charge in [-0.3, -0.25) is 0 Å². The van der Waals surface area contributed by atoms with Crippen molar-refractivity contribution >= 4 is 22.4 Å². The highest BCUT2D eigenvalue weighted by Crippen LogP contribution is 2.25. The van der Waals surface area contributed by atoms with E-state index in [1.165, 1.54) is 68.6 Å². The molecule has 29 heavy (non-hydrogen) atoms. The number of halogens is 1. The van der Waals surface area contributed by atoms with Gasteiger partial charge in [-0.1, -0.05) is 76.8 Å². The van der Waals surface area contributed by atoms with Crippen molar-refractivity contribution in [3.8, 4) is 11.5 Å². The Balaban J connectivity index is 1.66. The van der Waals surface area contributed by atoms with E-state index in [0.717, 1.165) is 49.9 Å². The van der Waals surface area contributed by atoms with Crippen molar-refractivity contribution in [2.45, 2.75) is 84.0 Å². The molecule has 2 nitrogen and oxygen atoms in total. The van der Waals surface area contributed by atoms with Gasteiger partial charge in [-0.15, -0.1) is 11.6 Å². The fraction of sp³-hybridized carbons (Fsp3) is 0.615. The molecule has 0 aliphatic heterocycles. The molecule has 0 atom stereocenters. The van der Waals surface area contributed by atoms with Crippen LogP contribution >= 0.6 is 11.6 Å². The summed E-state index contributed by atoms with van der Waals surface area (Å²) in [7, 11) is 0. The molecular weight excluding hydrogens is 380 g/mol. The van der Waals surface area contributed by atoms with Gasteiger partial charge in [0.15, 0.2) is 0 Å². The first-order chi connectivity index (χ1) is 14.3. The molecule has 0 aliphatic carbocycles. The predicted octanol–water partition coefficient (Wildman–Crippen LogP) is 8.54. The van der Waals surface area contributed by atoms with Crippen LogP contribution in [0.2, 0.25) is 0 Å². The van der Waals surface area contributed by atoms with E-state index >= 15 is 0 Å². The Morgan fingerprint density at radius 1 is 0.586 bits per heavy atom. The lowest BCUT2D eigenvalue weighted by Gasteiger charge is -2.10. The minimum Gasteiger partial charge on any atom is -0.494 e. The van der Waals surface area contributed by atoms with Crippen LogP contribution in [-0.4, -0.2) is 19.1 Å². The third-order valence-corrected chi connectivity index (χ3v) is 5.61. The van der Waals surface area contributed by atoms with Crippen molar-refractivity contribution < 1.29 is 9.47 Å². The van der Waals surface area contributed by atoms with Gasteiger partial charge < -0.3 is 9.47 Å². The molecule has 0 saturated carbocycles. The average molecular weight is 419 g/mol. The van der Waals surface area contributed by atoms with Gasteiger partial charge in [-0.25, -0.2) is 0 Å². The summed E-state index contributed by atoms with van der Waals surface area (Å²) in [6.07, 6.45) is 15.0. The molecule has 0 saturated heterocycles. The van der Waals surface area contributed by atoms with Crippen LogP contribution in [-0.2, 0) is 0 Å². The van der Waals surface area contributed by atoms with E-state index in [1.807, 2.05) is 0 Å². The minimum atomic E-state index is 0.790. The lowest BCUT2D eigenvalue weighted by molar-refractivity contribution is 0.304. The molecule has 0 amide bonds. The van der Waals surface area contributed by atoms with Gasteiger partial charge in [0.05, 0.1) is 13.2 Å². The van der Waals surface area contributed by atoms with Crippen molar-refractivity contribution in [2.75, 3.05) is 19.1 Å². The Bertz CT molecular complexity index is 671. The molecular formula is C26H39ClO2. The second-order valence-corrected chi connectivity index (χ2v) is 8.32. The zero-order valence-electron chi connectivity index (χ0n) is 18.3. The van der Waals surface area contributed by atoms with Gasteiger partial charge in [-0.05, 0) is 54.3 Å². The standard InChI is InChI=1S/C26H39ClO2/c1-2-3-4-5-9-12-19-28-25-16-14-24-22-26(17-15-23(24)21-25)29-20-13-10-7-6-8-11-18-27/h14-17,21-22H,2-13,18-20H2,1H3. The molecule has 0 bridgehead atoms. The van der Waals surface area contributed by atoms with Gasteiger partial charge in [0.2, 0.25) is 0 Å². The number of alkyl halides is 1. The SMILES string of the molecule is CCCCCCCCOc1ccc2cc(OCCCCCCCCCl)ccc2c1. The van der Waals surface area contributed by atoms with Crippen LogP contribution in [0.1, 0.15) is 84.0 Å². The van der Waals surface area contributed by atoms with Gasteiger partial charge in [0.1, 0.15) is 11.5 Å². The maximum absolute atomic E-state index is 5.94. The lowest BCUT2D eigenvalue weighted by Crippen LogP contribution is -1.98. The lowest BCUT2D eigenvalue weighted by atomic mass is 10.1. The smallest absolute Gasteiger partial charge is 0.119 e. The van der Waals surface area contributed by atoms with Crippen molar-refractivity contribution in [1.82, 2.24) is 0 Å². The number of unbranched alkanes of at least 4 members (excludes halogenated alkanes) is 10. The predicted molar refractivity (Wildman–Crippen MR) is 127 cm³/mol. The first kappa shape index (κ1) is 23.9. The molecule has 0 spiro atoms. The molecule has 2 aromatic rings. The van der Waals surface area contributed by atoms with Gasteiger partial charge in [0, 0.05) is 5.88 Å². The minimum absolute atomic E-state index is 0.790. The van der Waals surface area contributed by atoms with Crippen LogP contribution in [0.4, 0.5) is 0 Å². The third-order valence-electron chi connectivity index (χ3n) is 5.35. The van der Waals surface area contributed by atoms with Crippen LogP contribution < -0.4 is 9.47 Å². The first-order valence-corrected chi connectivity index (χ1v) is 12.2. The molecule has 0 fully saturated rings. The number of hydrogen-bond donors (Lipinski definition) is 0. The van der Waals surface area contributed by atoms with Crippen LogP contribution in [0.5, 0.6) is 11.5 Å². The van der Waals surface area contributed by atoms with E-state index < -0.39 is 0 Å². The number of fused-ring (bicyclic) bond motifs is 1. The number of rotatable bonds is 17. The van der Waals surface area contributed by atoms with E-state index in [1.54, 1.807) is 0 Å². The maximum Gasteiger partial charge on any atom is 0.119 e. The maximum atomic E-state index is 5.94. The highest BCUT2D eigenvalue weighted by molar-refractivity contribution is 6.17. The molecule has 0 heterocycles. The highest BCUT2D eigenvalue weighted by atomic mass is 35.5. The molecule has 0 N–H and O–H groups in total. The number of benzene rings is 2. The number of ether oxygens (including phenoxy) is 2. The molecule has 3 heteroatoms. The zero-order valence-corrected chi connectivity index (χ0v) is 19.0. The first-order valence-electron chi connectivity index (χ1n) is 11.7. The van der Waals surface area contributed by atoms with Crippen LogP contribution in [0.3, 0.4) is 0 Å². The van der Waals surface area contributed by atoms with Crippen LogP contribution in [0.25, 0.3) is 10.8 Å². The van der Waals surface area contributed by atoms with E-state index in [4.69, 9.17) is 21.1 Å². The Labute approximate surface area is 182 Å². The fourth-order valence-corrected chi connectivity index (χ4v) is 3.74. The summed E-state index contributed by atoms with van der Waals surface area (Å²) >= 11 is 5.70. The summed E-state index contributed by atoms with van der Waals surface area (Å²) in [5.41, 5.74) is 0. The molecule has 2 aromatic carbocycles. The van der Waals surface area contributed by atoms with Gasteiger partial charge in [0.25, 0.3) is 0 Å². The van der Waals surface area contributed by atoms with Crippen molar-refractivity contribution in [3.05, 3.63) is 36.4 Å². The molecule has 2 rings (SSSR count). The van der Waals surface area contributed by atoms with Crippen LogP contribution in [0, 0.1) is 0 Å². The topological polar surface area (TPSA) is 18.5 Å². The molecule has 0 aliphatic rings. The monoisotopic (exact) mass is 418 g/mol. The van der Waals surface area contributed by atoms with Gasteiger partial charge >= 0.3 is 0 Å². The third kappa shape index (κ3) is 10.3. The Hall–Kier alpha value is -1.41. The Morgan fingerprint density at radius 2 is 1.03 bits per heavy atom. The normalized spacial score (nSPS) is 11.1. The Kier molecular flexibility index (Phi) is 12.7. The fourth-order valence-electron chi connectivity index (χ4n) is 3.55. The van der Waals surface area contributed by atoms with Gasteiger partial charge in [-0.2, -0.15) is 0 Å². The van der Waals surface area contributed by atoms with E-state index in [0.29, 0.717) is 0 Å². The summed E-state index contributed by atoms with van der Waals surface area (Å²) in [6, 6.07) is 12.7. The van der Waals surface area contributed by atoms with Crippen molar-refractivity contribution in [3.63, 3.8) is 0 Å². The second kappa shape index (κ2) is 15.4. The second-order valence-electron chi connectivity index (χ2n) is 7.95. The average Bonchev–Trinajstić information content (AvgIpc) is 2.75. The summed E-state index contributed by atoms with van der Waals surface area (Å²) < 4.78 is 11.9. The van der Waals surface area contributed by atoms with E-state index in [-0.39, 0.29) is 0 Å². The summed E-state index contributed by atoms with van der Waals surface area (Å²) in [5.74, 6) is 2.71. The molecule has 162 valence electrons. The summed E-state index contributed by atoms with van der Waals surface area (Å²) in [6.45, 7) is 3.86. The largest absolute Gasteiger partial charge is 0.494 e. The zero-order chi connectivity index (χ0) is 20.6. The molecule has 0 unspecified atom stereocenters. The Morgan fingerprint density at radius 3 is 1.52 bits per heavy atom. The quantitative estimate of drug-likeness (QED) is 0.189. The van der Waals surface area contributed by atoms with Crippen molar-refractivity contribution in [2.24, 2.45) is 0 Å². The molecule has 0 aromatic heterocycles. The van der Waals surface area contributed by atoms with E-state index in [9.17, 15) is 0 Å². The van der Waals surface area contributed by atoms with E-state index in [2.05, 4.69) is 43.3 Å². The van der Waals surface area contributed by atoms with Crippen molar-refractivity contribution in [1.29, 1.82) is 0 Å². The highest BCUT2D eigenvalue weighted by Gasteiger charge is 2.01.